The van der Waals surface area contributed by atoms with Crippen LogP contribution in [0.2, 0.25) is 0 Å². The molecule has 12 heteroatoms. The van der Waals surface area contributed by atoms with Crippen LogP contribution in [0.25, 0.3) is 0 Å². The molecule has 12 heavy (non-hydrogen) atoms. The third kappa shape index (κ3) is 478. The minimum absolute atomic E-state index is 0. The Morgan fingerprint density at radius 3 is 1.00 bits per heavy atom. The maximum absolute atomic E-state index is 8.94. The molecule has 2 radical (unpaired) electrons. The number of rotatable bonds is 0. The molecule has 0 bridgehead atoms. The van der Waals surface area contributed by atoms with Crippen LogP contribution in [-0.4, -0.2) is 91.4 Å². The molecule has 0 aromatic carbocycles. The molecule has 0 rings (SSSR count). The van der Waals surface area contributed by atoms with Gasteiger partial charge in [0.1, 0.15) is 0 Å². The Morgan fingerprint density at radius 2 is 1.00 bits per heavy atom. The van der Waals surface area contributed by atoms with Crippen molar-refractivity contribution in [3.8, 4) is 0 Å². The fourth-order valence-electron chi connectivity index (χ4n) is 0. The topological polar surface area (TPSA) is 152 Å². The van der Waals surface area contributed by atoms with Gasteiger partial charge < -0.3 is 0 Å². The quantitative estimate of drug-likeness (QED) is 0.157. The predicted molar refractivity (Wildman–Crippen MR) is 45.8 cm³/mol. The van der Waals surface area contributed by atoms with E-state index in [1.807, 2.05) is 0 Å². The molecule has 0 unspecified atom stereocenters. The molecule has 0 aliphatic rings. The first-order valence-corrected chi connectivity index (χ1v) is 6.16. The molecule has 5 N–H and O–H groups in total. The standard InChI is InChI=1S/AsH3O4.Ga.H2O4S.Pb.5H/c2-1(3,4)5;;1-5(2,3)4;;;;;;/h(H3,2,3,4,5);;(H2,1,2,3,4);;;;;;. The van der Waals surface area contributed by atoms with E-state index in [2.05, 4.69) is 0 Å². The van der Waals surface area contributed by atoms with Crippen molar-refractivity contribution in [2.24, 2.45) is 0 Å². The summed E-state index contributed by atoms with van der Waals surface area (Å²) >= 11 is -5.12. The Kier molecular flexibility index (Phi) is 18.1. The molecule has 0 aliphatic heterocycles. The summed E-state index contributed by atoms with van der Waals surface area (Å²) in [5.74, 6) is 0. The van der Waals surface area contributed by atoms with Gasteiger partial charge in [-0.1, -0.05) is 0 Å². The number of hydrogen-bond donors (Lipinski definition) is 5. The molecule has 0 spiro atoms. The van der Waals surface area contributed by atoms with Crippen molar-refractivity contribution in [1.29, 1.82) is 0 Å². The van der Waals surface area contributed by atoms with E-state index in [0.29, 0.717) is 0 Å². The van der Waals surface area contributed by atoms with E-state index >= 15 is 0 Å². The first-order chi connectivity index (χ1) is 4.00. The summed E-state index contributed by atoms with van der Waals surface area (Å²) in [4.78, 5) is 0. The van der Waals surface area contributed by atoms with E-state index in [0.717, 1.165) is 0 Å². The Hall–Kier alpha value is 1.67. The second-order valence-electron chi connectivity index (χ2n) is 0.961. The van der Waals surface area contributed by atoms with Crippen LogP contribution in [0.15, 0.2) is 0 Å². The summed E-state index contributed by atoms with van der Waals surface area (Å²) in [6.07, 6.45) is 0. The van der Waals surface area contributed by atoms with Crippen LogP contribution in [0.5, 0.6) is 0 Å². The van der Waals surface area contributed by atoms with E-state index < -0.39 is 24.9 Å². The zero-order valence-corrected chi connectivity index (χ0v) is 13.2. The van der Waals surface area contributed by atoms with E-state index in [9.17, 15) is 0 Å². The zero-order valence-electron chi connectivity index (χ0n) is 5.02. The molecular weight excluding hydrogens is 512 g/mol. The van der Waals surface area contributed by atoms with Gasteiger partial charge in [-0.05, 0) is 0 Å². The van der Waals surface area contributed by atoms with Gasteiger partial charge in [-0.15, -0.1) is 0 Å². The van der Waals surface area contributed by atoms with Crippen molar-refractivity contribution in [3.05, 3.63) is 0 Å². The number of hydrogen-bond acceptors (Lipinski definition) is 3. The molecule has 0 aromatic heterocycles. The summed E-state index contributed by atoms with van der Waals surface area (Å²) in [6, 6.07) is 0. The predicted octanol–water partition coefficient (Wildman–Crippen LogP) is -4.92. The van der Waals surface area contributed by atoms with Crippen molar-refractivity contribution in [3.63, 3.8) is 0 Å². The maximum atomic E-state index is 8.94. The van der Waals surface area contributed by atoms with Crippen molar-refractivity contribution >= 4 is 72.0 Å². The second-order valence-corrected chi connectivity index (χ2v) is 4.01. The van der Waals surface area contributed by atoms with Gasteiger partial charge in [-0.2, -0.15) is 8.42 Å². The molecule has 8 nitrogen and oxygen atoms in total. The molecule has 76 valence electrons. The Bertz CT molecular complexity index is 197. The normalized spacial score (nSPS) is 9.75. The van der Waals surface area contributed by atoms with Crippen molar-refractivity contribution in [1.82, 2.24) is 0 Å². The van der Waals surface area contributed by atoms with E-state index in [1.165, 1.54) is 0 Å². The van der Waals surface area contributed by atoms with Crippen molar-refractivity contribution < 1.29 is 33.5 Å². The fourth-order valence-corrected chi connectivity index (χ4v) is 0. The molecule has 0 saturated carbocycles. The summed E-state index contributed by atoms with van der Waals surface area (Å²) in [5, 5.41) is 0. The van der Waals surface area contributed by atoms with Crippen molar-refractivity contribution in [2.45, 2.75) is 0 Å². The van der Waals surface area contributed by atoms with Crippen LogP contribution in [0, 0.1) is 0 Å². The van der Waals surface area contributed by atoms with Gasteiger partial charge >= 0.3 is 88.0 Å². The third-order valence-electron chi connectivity index (χ3n) is 0. The van der Waals surface area contributed by atoms with E-state index in [4.69, 9.17) is 33.5 Å². The summed E-state index contributed by atoms with van der Waals surface area (Å²) in [5.41, 5.74) is 0. The van der Waals surface area contributed by atoms with Gasteiger partial charge in [-0.25, -0.2) is 0 Å². The van der Waals surface area contributed by atoms with Crippen LogP contribution in [0.3, 0.4) is 0 Å². The Labute approximate surface area is 105 Å². The second kappa shape index (κ2) is 9.23. The van der Waals surface area contributed by atoms with Gasteiger partial charge in [0.05, 0.1) is 0 Å². The van der Waals surface area contributed by atoms with Gasteiger partial charge in [0.2, 0.25) is 0 Å². The SMILES string of the molecule is O=S(=O)(O)O.O=[As](O)(O)O.[GaH3].[PbH2]. The molecule has 0 aromatic rings. The summed E-state index contributed by atoms with van der Waals surface area (Å²) in [7, 11) is -4.67. The molecule has 0 fully saturated rings. The fraction of sp³-hybridized carbons (Fsp3) is 0. The Balaban J connectivity index is -0.0000000457. The molecule has 0 amide bonds. The van der Waals surface area contributed by atoms with Gasteiger partial charge in [0.15, 0.2) is 0 Å². The van der Waals surface area contributed by atoms with Gasteiger partial charge in [0.25, 0.3) is 0 Å². The molecule has 0 aliphatic carbocycles. The van der Waals surface area contributed by atoms with E-state index in [-0.39, 0.29) is 47.1 Å². The average molecular weight is 522 g/mol. The first-order valence-electron chi connectivity index (χ1n) is 1.48. The van der Waals surface area contributed by atoms with Crippen LogP contribution in [0.4, 0.5) is 0 Å². The molecular formula is H10AsGaO8PbS. The molecule has 0 saturated heterocycles. The Morgan fingerprint density at radius 1 is 1.00 bits per heavy atom. The third-order valence-corrected chi connectivity index (χ3v) is 0. The van der Waals surface area contributed by atoms with Crippen LogP contribution < -0.4 is 0 Å². The van der Waals surface area contributed by atoms with E-state index in [1.54, 1.807) is 0 Å². The molecule has 0 heterocycles. The first kappa shape index (κ1) is 23.5. The average Bonchev–Trinajstić information content (AvgIpc) is 1.12. The molecule has 0 atom stereocenters. The van der Waals surface area contributed by atoms with Crippen molar-refractivity contribution in [2.75, 3.05) is 0 Å². The summed E-state index contributed by atoms with van der Waals surface area (Å²) in [6.45, 7) is 0. The zero-order chi connectivity index (χ0) is 9.00. The van der Waals surface area contributed by atoms with Gasteiger partial charge in [-0.3, -0.25) is 9.11 Å². The summed E-state index contributed by atoms with van der Waals surface area (Å²) < 4.78 is 62.3. The monoisotopic (exact) mass is 522 g/mol. The van der Waals surface area contributed by atoms with Crippen LogP contribution >= 0.6 is 0 Å². The van der Waals surface area contributed by atoms with Crippen LogP contribution in [0.1, 0.15) is 0 Å². The minimum atomic E-state index is -5.12. The van der Waals surface area contributed by atoms with Crippen LogP contribution in [-0.2, 0) is 14.1 Å². The van der Waals surface area contributed by atoms with Gasteiger partial charge in [0, 0.05) is 0 Å².